The second-order valence-electron chi connectivity index (χ2n) is 4.44. The molecule has 0 fully saturated rings. The number of nitrogens with one attached hydrogen (secondary N) is 1. The summed E-state index contributed by atoms with van der Waals surface area (Å²) in [5, 5.41) is 14.0. The molecular formula is C15H15FN2O2. The first kappa shape index (κ1) is 14.1. The highest BCUT2D eigenvalue weighted by Crippen LogP contribution is 2.17. The molecule has 0 aliphatic rings. The van der Waals surface area contributed by atoms with E-state index in [1.165, 1.54) is 18.2 Å². The third-order valence-corrected chi connectivity index (χ3v) is 3.00. The lowest BCUT2D eigenvalue weighted by molar-refractivity contribution is -0.385. The Hall–Kier alpha value is -2.27. The lowest BCUT2D eigenvalue weighted by Crippen LogP contribution is -2.17. The minimum atomic E-state index is -0.366. The van der Waals surface area contributed by atoms with E-state index in [1.54, 1.807) is 30.3 Å². The summed E-state index contributed by atoms with van der Waals surface area (Å²) in [6, 6.07) is 13.0. The van der Waals surface area contributed by atoms with Gasteiger partial charge in [-0.25, -0.2) is 4.39 Å². The van der Waals surface area contributed by atoms with Crippen molar-refractivity contribution in [1.82, 2.24) is 5.32 Å². The summed E-state index contributed by atoms with van der Waals surface area (Å²) < 4.78 is 12.7. The van der Waals surface area contributed by atoms with Crippen LogP contribution in [0, 0.1) is 15.9 Å². The molecule has 0 radical (unpaired) electrons. The Morgan fingerprint density at radius 2 is 1.80 bits per heavy atom. The molecule has 0 saturated carbocycles. The maximum Gasteiger partial charge on any atom is 0.272 e. The van der Waals surface area contributed by atoms with E-state index in [-0.39, 0.29) is 16.4 Å². The van der Waals surface area contributed by atoms with Crippen molar-refractivity contribution in [2.45, 2.75) is 13.0 Å². The van der Waals surface area contributed by atoms with Crippen LogP contribution in [0.5, 0.6) is 0 Å². The molecule has 5 heteroatoms. The van der Waals surface area contributed by atoms with Crippen LogP contribution in [0.15, 0.2) is 48.5 Å². The SMILES string of the molecule is O=[N+]([O-])c1ccccc1CCNCc1ccc(F)cc1. The topological polar surface area (TPSA) is 55.2 Å². The smallest absolute Gasteiger partial charge is 0.272 e. The Balaban J connectivity index is 1.84. The molecule has 2 aromatic carbocycles. The third-order valence-electron chi connectivity index (χ3n) is 3.00. The summed E-state index contributed by atoms with van der Waals surface area (Å²) in [5.41, 5.74) is 1.84. The van der Waals surface area contributed by atoms with Crippen molar-refractivity contribution in [3.05, 3.63) is 75.6 Å². The van der Waals surface area contributed by atoms with Gasteiger partial charge >= 0.3 is 0 Å². The number of benzene rings is 2. The van der Waals surface area contributed by atoms with E-state index in [4.69, 9.17) is 0 Å². The first-order chi connectivity index (χ1) is 9.66. The van der Waals surface area contributed by atoms with Crippen molar-refractivity contribution in [2.24, 2.45) is 0 Å². The fourth-order valence-corrected chi connectivity index (χ4v) is 1.96. The number of hydrogen-bond acceptors (Lipinski definition) is 3. The van der Waals surface area contributed by atoms with Crippen LogP contribution >= 0.6 is 0 Å². The minimum absolute atomic E-state index is 0.149. The average Bonchev–Trinajstić information content (AvgIpc) is 2.46. The van der Waals surface area contributed by atoms with E-state index in [9.17, 15) is 14.5 Å². The maximum atomic E-state index is 12.7. The highest BCUT2D eigenvalue weighted by atomic mass is 19.1. The Labute approximate surface area is 116 Å². The fourth-order valence-electron chi connectivity index (χ4n) is 1.96. The number of halogens is 1. The molecule has 0 atom stereocenters. The van der Waals surface area contributed by atoms with Gasteiger partial charge in [0.25, 0.3) is 5.69 Å². The van der Waals surface area contributed by atoms with Crippen molar-refractivity contribution in [3.8, 4) is 0 Å². The molecule has 0 aliphatic heterocycles. The molecule has 2 aromatic rings. The quantitative estimate of drug-likeness (QED) is 0.500. The Bertz CT molecular complexity index is 585. The Morgan fingerprint density at radius 1 is 1.10 bits per heavy atom. The summed E-state index contributed by atoms with van der Waals surface area (Å²) in [6.07, 6.45) is 0.582. The Kier molecular flexibility index (Phi) is 4.79. The van der Waals surface area contributed by atoms with Crippen LogP contribution in [-0.4, -0.2) is 11.5 Å². The highest BCUT2D eigenvalue weighted by molar-refractivity contribution is 5.39. The van der Waals surface area contributed by atoms with Crippen LogP contribution in [0.25, 0.3) is 0 Å². The van der Waals surface area contributed by atoms with Crippen molar-refractivity contribution < 1.29 is 9.31 Å². The van der Waals surface area contributed by atoms with E-state index in [0.29, 0.717) is 25.1 Å². The molecule has 4 nitrogen and oxygen atoms in total. The average molecular weight is 274 g/mol. The standard InChI is InChI=1S/C15H15FN2O2/c16-14-7-5-12(6-8-14)11-17-10-9-13-3-1-2-4-15(13)18(19)20/h1-8,17H,9-11H2. The van der Waals surface area contributed by atoms with Crippen LogP contribution in [0.3, 0.4) is 0 Å². The molecule has 0 saturated heterocycles. The molecule has 20 heavy (non-hydrogen) atoms. The van der Waals surface area contributed by atoms with E-state index in [1.807, 2.05) is 0 Å². The monoisotopic (exact) mass is 274 g/mol. The predicted octanol–water partition coefficient (Wildman–Crippen LogP) is 3.07. The van der Waals surface area contributed by atoms with Gasteiger partial charge in [-0.15, -0.1) is 0 Å². The van der Waals surface area contributed by atoms with Gasteiger partial charge in [0.05, 0.1) is 4.92 Å². The van der Waals surface area contributed by atoms with E-state index >= 15 is 0 Å². The predicted molar refractivity (Wildman–Crippen MR) is 74.9 cm³/mol. The zero-order chi connectivity index (χ0) is 14.4. The lowest BCUT2D eigenvalue weighted by Gasteiger charge is -2.05. The van der Waals surface area contributed by atoms with Crippen molar-refractivity contribution >= 4 is 5.69 Å². The van der Waals surface area contributed by atoms with Crippen LogP contribution in [-0.2, 0) is 13.0 Å². The largest absolute Gasteiger partial charge is 0.312 e. The number of rotatable bonds is 6. The number of hydrogen-bond donors (Lipinski definition) is 1. The summed E-state index contributed by atoms with van der Waals surface area (Å²) in [4.78, 5) is 10.5. The molecule has 0 unspecified atom stereocenters. The van der Waals surface area contributed by atoms with Gasteiger partial charge in [0.1, 0.15) is 5.82 Å². The van der Waals surface area contributed by atoms with Gasteiger partial charge in [-0.2, -0.15) is 0 Å². The molecule has 0 heterocycles. The molecule has 1 N–H and O–H groups in total. The highest BCUT2D eigenvalue weighted by Gasteiger charge is 2.11. The lowest BCUT2D eigenvalue weighted by atomic mass is 10.1. The molecule has 0 amide bonds. The normalized spacial score (nSPS) is 10.4. The molecule has 0 bridgehead atoms. The van der Waals surface area contributed by atoms with E-state index in [0.717, 1.165) is 5.56 Å². The summed E-state index contributed by atoms with van der Waals surface area (Å²) in [5.74, 6) is -0.256. The van der Waals surface area contributed by atoms with Gasteiger partial charge in [-0.1, -0.05) is 30.3 Å². The Morgan fingerprint density at radius 3 is 2.50 bits per heavy atom. The zero-order valence-corrected chi connectivity index (χ0v) is 10.9. The van der Waals surface area contributed by atoms with E-state index < -0.39 is 0 Å². The maximum absolute atomic E-state index is 12.7. The third kappa shape index (κ3) is 3.86. The first-order valence-corrected chi connectivity index (χ1v) is 6.34. The summed E-state index contributed by atoms with van der Waals surface area (Å²) in [6.45, 7) is 1.24. The van der Waals surface area contributed by atoms with Crippen LogP contribution in [0.1, 0.15) is 11.1 Å². The van der Waals surface area contributed by atoms with Gasteiger partial charge in [0, 0.05) is 18.2 Å². The second kappa shape index (κ2) is 6.77. The van der Waals surface area contributed by atoms with Crippen LogP contribution in [0.2, 0.25) is 0 Å². The zero-order valence-electron chi connectivity index (χ0n) is 10.9. The summed E-state index contributed by atoms with van der Waals surface area (Å²) in [7, 11) is 0. The fraction of sp³-hybridized carbons (Fsp3) is 0.200. The second-order valence-corrected chi connectivity index (χ2v) is 4.44. The minimum Gasteiger partial charge on any atom is -0.312 e. The molecule has 2 rings (SSSR count). The van der Waals surface area contributed by atoms with Gasteiger partial charge in [-0.3, -0.25) is 10.1 Å². The summed E-state index contributed by atoms with van der Waals surface area (Å²) >= 11 is 0. The van der Waals surface area contributed by atoms with Crippen molar-refractivity contribution in [2.75, 3.05) is 6.54 Å². The molecular weight excluding hydrogens is 259 g/mol. The molecule has 0 aromatic heterocycles. The van der Waals surface area contributed by atoms with Gasteiger partial charge in [0.15, 0.2) is 0 Å². The first-order valence-electron chi connectivity index (χ1n) is 6.34. The molecule has 0 spiro atoms. The van der Waals surface area contributed by atoms with Crippen LogP contribution in [0.4, 0.5) is 10.1 Å². The number of nitro groups is 1. The van der Waals surface area contributed by atoms with Gasteiger partial charge in [0.2, 0.25) is 0 Å². The van der Waals surface area contributed by atoms with Crippen LogP contribution < -0.4 is 5.32 Å². The van der Waals surface area contributed by atoms with Gasteiger partial charge < -0.3 is 5.32 Å². The van der Waals surface area contributed by atoms with Gasteiger partial charge in [-0.05, 0) is 30.7 Å². The van der Waals surface area contributed by atoms with E-state index in [2.05, 4.69) is 5.32 Å². The molecule has 0 aliphatic carbocycles. The molecule has 104 valence electrons. The van der Waals surface area contributed by atoms with Crippen molar-refractivity contribution in [1.29, 1.82) is 0 Å². The van der Waals surface area contributed by atoms with Crippen molar-refractivity contribution in [3.63, 3.8) is 0 Å². The number of nitro benzene ring substituents is 1. The number of nitrogens with zero attached hydrogens (tertiary/aromatic N) is 1. The number of para-hydroxylation sites is 1.